The van der Waals surface area contributed by atoms with Crippen molar-refractivity contribution in [2.45, 2.75) is 17.9 Å². The lowest BCUT2D eigenvalue weighted by Crippen LogP contribution is -2.05. The lowest BCUT2D eigenvalue weighted by Gasteiger charge is -2.07. The van der Waals surface area contributed by atoms with Crippen LogP contribution in [0.1, 0.15) is 12.0 Å². The molecule has 5 heteroatoms. The summed E-state index contributed by atoms with van der Waals surface area (Å²) in [6, 6.07) is 14.9. The molecular weight excluding hydrogens is 306 g/mol. The molecule has 0 spiro atoms. The van der Waals surface area contributed by atoms with E-state index >= 15 is 0 Å². The van der Waals surface area contributed by atoms with E-state index in [0.717, 1.165) is 11.3 Å². The third-order valence-electron chi connectivity index (χ3n) is 2.98. The molecule has 0 bridgehead atoms. The maximum atomic E-state index is 12.1. The monoisotopic (exact) mass is 323 g/mol. The largest absolute Gasteiger partial charge is 0.494 e. The fraction of sp³-hybridized carbons (Fsp3) is 0.250. The second kappa shape index (κ2) is 8.17. The van der Waals surface area contributed by atoms with Crippen LogP contribution in [0.4, 0.5) is 0 Å². The maximum Gasteiger partial charge on any atom is 0.119 e. The minimum absolute atomic E-state index is 0.525. The van der Waals surface area contributed by atoms with Gasteiger partial charge in [0.05, 0.1) is 27.3 Å². The van der Waals surface area contributed by atoms with Gasteiger partial charge in [0.1, 0.15) is 5.75 Å². The van der Waals surface area contributed by atoms with Crippen molar-refractivity contribution < 1.29 is 8.95 Å². The standard InChI is InChI=1S/C16H18ClNO2S/c17-15-4-1-2-5-16(15)21(19)11-3-10-20-14-8-6-13(12-18)7-9-14/h1-2,4-9H,3,10-12,18H2. The molecule has 0 saturated heterocycles. The summed E-state index contributed by atoms with van der Waals surface area (Å²) in [5.74, 6) is 1.33. The predicted octanol–water partition coefficient (Wildman–Crippen LogP) is 3.38. The summed E-state index contributed by atoms with van der Waals surface area (Å²) in [4.78, 5) is 0.687. The molecule has 0 aliphatic heterocycles. The smallest absolute Gasteiger partial charge is 0.119 e. The third-order valence-corrected chi connectivity index (χ3v) is 4.93. The molecule has 2 N–H and O–H groups in total. The zero-order chi connectivity index (χ0) is 15.1. The molecule has 0 aromatic heterocycles. The number of nitrogens with two attached hydrogens (primary N) is 1. The SMILES string of the molecule is NCc1ccc(OCCCS(=O)c2ccccc2Cl)cc1. The average Bonchev–Trinajstić information content (AvgIpc) is 2.52. The Bertz CT molecular complexity index is 601. The van der Waals surface area contributed by atoms with Gasteiger partial charge in [-0.05, 0) is 36.2 Å². The summed E-state index contributed by atoms with van der Waals surface area (Å²) < 4.78 is 17.7. The molecule has 2 aromatic rings. The van der Waals surface area contributed by atoms with Gasteiger partial charge in [0.2, 0.25) is 0 Å². The van der Waals surface area contributed by atoms with E-state index in [4.69, 9.17) is 22.1 Å². The number of hydrogen-bond donors (Lipinski definition) is 1. The predicted molar refractivity (Wildman–Crippen MR) is 87.2 cm³/mol. The van der Waals surface area contributed by atoms with Crippen molar-refractivity contribution in [1.82, 2.24) is 0 Å². The van der Waals surface area contributed by atoms with Crippen molar-refractivity contribution in [3.63, 3.8) is 0 Å². The second-order valence-electron chi connectivity index (χ2n) is 4.53. The third kappa shape index (κ3) is 4.84. The van der Waals surface area contributed by atoms with E-state index in [1.54, 1.807) is 12.1 Å². The zero-order valence-corrected chi connectivity index (χ0v) is 13.2. The van der Waals surface area contributed by atoms with E-state index in [1.807, 2.05) is 36.4 Å². The van der Waals surface area contributed by atoms with Gasteiger partial charge in [0.15, 0.2) is 0 Å². The summed E-state index contributed by atoms with van der Waals surface area (Å²) in [5, 5.41) is 0.550. The van der Waals surface area contributed by atoms with E-state index in [0.29, 0.717) is 35.2 Å². The van der Waals surface area contributed by atoms with E-state index < -0.39 is 10.8 Å². The first kappa shape index (κ1) is 16.0. The Kier molecular flexibility index (Phi) is 6.23. The molecule has 1 unspecified atom stereocenters. The Labute approximate surface area is 132 Å². The molecule has 2 rings (SSSR count). The lowest BCUT2D eigenvalue weighted by molar-refractivity contribution is 0.318. The van der Waals surface area contributed by atoms with Crippen LogP contribution in [-0.2, 0) is 17.3 Å². The molecule has 3 nitrogen and oxygen atoms in total. The van der Waals surface area contributed by atoms with Gasteiger partial charge in [-0.25, -0.2) is 0 Å². The van der Waals surface area contributed by atoms with Crippen molar-refractivity contribution >= 4 is 22.4 Å². The van der Waals surface area contributed by atoms with E-state index in [-0.39, 0.29) is 0 Å². The highest BCUT2D eigenvalue weighted by Crippen LogP contribution is 2.19. The van der Waals surface area contributed by atoms with Gasteiger partial charge < -0.3 is 10.5 Å². The van der Waals surface area contributed by atoms with Crippen LogP contribution in [-0.4, -0.2) is 16.6 Å². The average molecular weight is 324 g/mol. The van der Waals surface area contributed by atoms with Gasteiger partial charge in [-0.15, -0.1) is 0 Å². The molecule has 0 fully saturated rings. The number of rotatable bonds is 7. The van der Waals surface area contributed by atoms with Crippen LogP contribution < -0.4 is 10.5 Å². The topological polar surface area (TPSA) is 52.3 Å². The summed E-state index contributed by atoms with van der Waals surface area (Å²) >= 11 is 6.02. The van der Waals surface area contributed by atoms with Crippen molar-refractivity contribution in [2.24, 2.45) is 5.73 Å². The first-order valence-corrected chi connectivity index (χ1v) is 8.45. The Morgan fingerprint density at radius 2 is 1.81 bits per heavy atom. The van der Waals surface area contributed by atoms with Crippen LogP contribution >= 0.6 is 11.6 Å². The van der Waals surface area contributed by atoms with Crippen molar-refractivity contribution in [3.05, 3.63) is 59.1 Å². The van der Waals surface area contributed by atoms with Crippen LogP contribution in [0.25, 0.3) is 0 Å². The molecule has 1 atom stereocenters. The molecule has 0 aliphatic carbocycles. The zero-order valence-electron chi connectivity index (χ0n) is 11.6. The highest BCUT2D eigenvalue weighted by atomic mass is 35.5. The number of halogens is 1. The normalized spacial score (nSPS) is 12.1. The van der Waals surface area contributed by atoms with Crippen LogP contribution in [0, 0.1) is 0 Å². The number of hydrogen-bond acceptors (Lipinski definition) is 3. The molecule has 0 amide bonds. The maximum absolute atomic E-state index is 12.1. The fourth-order valence-corrected chi connectivity index (χ4v) is 3.35. The second-order valence-corrected chi connectivity index (χ2v) is 6.48. The molecule has 0 saturated carbocycles. The summed E-state index contributed by atoms with van der Waals surface area (Å²) in [6.45, 7) is 1.05. The van der Waals surface area contributed by atoms with Crippen LogP contribution in [0.5, 0.6) is 5.75 Å². The highest BCUT2D eigenvalue weighted by Gasteiger charge is 2.07. The van der Waals surface area contributed by atoms with E-state index in [1.165, 1.54) is 0 Å². The first-order valence-electron chi connectivity index (χ1n) is 6.75. The molecule has 0 heterocycles. The highest BCUT2D eigenvalue weighted by molar-refractivity contribution is 7.85. The number of benzene rings is 2. The molecule has 0 radical (unpaired) electrons. The van der Waals surface area contributed by atoms with Crippen LogP contribution in [0.2, 0.25) is 5.02 Å². The lowest BCUT2D eigenvalue weighted by atomic mass is 10.2. The van der Waals surface area contributed by atoms with Gasteiger partial charge in [-0.2, -0.15) is 0 Å². The molecular formula is C16H18ClNO2S. The van der Waals surface area contributed by atoms with Gasteiger partial charge in [0.25, 0.3) is 0 Å². The minimum atomic E-state index is -1.09. The van der Waals surface area contributed by atoms with Crippen molar-refractivity contribution in [3.8, 4) is 5.75 Å². The number of ether oxygens (including phenoxy) is 1. The van der Waals surface area contributed by atoms with E-state index in [9.17, 15) is 4.21 Å². The van der Waals surface area contributed by atoms with Gasteiger partial charge in [0, 0.05) is 12.3 Å². The van der Waals surface area contributed by atoms with Crippen LogP contribution in [0.15, 0.2) is 53.4 Å². The summed E-state index contributed by atoms with van der Waals surface area (Å²) in [6.07, 6.45) is 0.705. The minimum Gasteiger partial charge on any atom is -0.494 e. The summed E-state index contributed by atoms with van der Waals surface area (Å²) in [7, 11) is -1.09. The fourth-order valence-electron chi connectivity index (χ4n) is 1.84. The van der Waals surface area contributed by atoms with E-state index in [2.05, 4.69) is 0 Å². The van der Waals surface area contributed by atoms with Crippen LogP contribution in [0.3, 0.4) is 0 Å². The first-order chi connectivity index (χ1) is 10.2. The van der Waals surface area contributed by atoms with Gasteiger partial charge in [-0.1, -0.05) is 35.9 Å². The quantitative estimate of drug-likeness (QED) is 0.795. The van der Waals surface area contributed by atoms with Gasteiger partial charge in [-0.3, -0.25) is 4.21 Å². The molecule has 0 aliphatic rings. The van der Waals surface area contributed by atoms with Crippen molar-refractivity contribution in [2.75, 3.05) is 12.4 Å². The molecule has 2 aromatic carbocycles. The Balaban J connectivity index is 1.76. The Hall–Kier alpha value is -1.36. The van der Waals surface area contributed by atoms with Gasteiger partial charge >= 0.3 is 0 Å². The summed E-state index contributed by atoms with van der Waals surface area (Å²) in [5.41, 5.74) is 6.61. The molecule has 112 valence electrons. The molecule has 21 heavy (non-hydrogen) atoms. The Morgan fingerprint density at radius 3 is 2.48 bits per heavy atom. The van der Waals surface area contributed by atoms with Crippen molar-refractivity contribution in [1.29, 1.82) is 0 Å². The Morgan fingerprint density at radius 1 is 1.10 bits per heavy atom.